The monoisotopic (exact) mass is 314 g/mol. The van der Waals surface area contributed by atoms with Crippen LogP contribution < -0.4 is 10.6 Å². The van der Waals surface area contributed by atoms with Crippen molar-refractivity contribution in [2.24, 2.45) is 0 Å². The molecule has 2 aromatic rings. The minimum Gasteiger partial charge on any atom is -0.345 e. The number of allylic oxidation sites excluding steroid dienone is 2. The van der Waals surface area contributed by atoms with Crippen LogP contribution in [-0.4, -0.2) is 10.9 Å². The highest BCUT2D eigenvalue weighted by Crippen LogP contribution is 2.14. The van der Waals surface area contributed by atoms with Gasteiger partial charge in [-0.05, 0) is 36.4 Å². The summed E-state index contributed by atoms with van der Waals surface area (Å²) in [7, 11) is 0. The summed E-state index contributed by atoms with van der Waals surface area (Å²) in [6, 6.07) is 16.4. The molecule has 1 aromatic heterocycles. The molecule has 7 nitrogen and oxygen atoms in total. The van der Waals surface area contributed by atoms with Gasteiger partial charge in [0.2, 0.25) is 0 Å². The van der Waals surface area contributed by atoms with Crippen molar-refractivity contribution in [3.8, 4) is 18.2 Å². The molecule has 0 aliphatic carbocycles. The number of rotatable bonds is 4. The van der Waals surface area contributed by atoms with Gasteiger partial charge in [-0.2, -0.15) is 15.8 Å². The maximum Gasteiger partial charge on any atom is 0.256 e. The summed E-state index contributed by atoms with van der Waals surface area (Å²) >= 11 is 0. The van der Waals surface area contributed by atoms with E-state index in [1.165, 1.54) is 0 Å². The molecule has 0 saturated heterocycles. The molecule has 1 aromatic carbocycles. The molecule has 2 N–H and O–H groups in total. The van der Waals surface area contributed by atoms with Gasteiger partial charge in [-0.3, -0.25) is 4.79 Å². The van der Waals surface area contributed by atoms with Gasteiger partial charge < -0.3 is 10.6 Å². The number of pyridine rings is 1. The second kappa shape index (κ2) is 7.74. The van der Waals surface area contributed by atoms with Crippen LogP contribution in [0.15, 0.2) is 59.9 Å². The zero-order chi connectivity index (χ0) is 17.4. The topological polar surface area (TPSA) is 125 Å². The van der Waals surface area contributed by atoms with Crippen LogP contribution in [0.5, 0.6) is 0 Å². The van der Waals surface area contributed by atoms with Crippen molar-refractivity contribution in [1.82, 2.24) is 4.98 Å². The van der Waals surface area contributed by atoms with E-state index in [-0.39, 0.29) is 17.2 Å². The molecule has 0 fully saturated rings. The van der Waals surface area contributed by atoms with Gasteiger partial charge in [0.05, 0.1) is 0 Å². The Balaban J connectivity index is 2.13. The number of nitrogens with zero attached hydrogens (tertiary/aromatic N) is 4. The van der Waals surface area contributed by atoms with Crippen LogP contribution >= 0.6 is 0 Å². The lowest BCUT2D eigenvalue weighted by atomic mass is 10.1. The number of nitriles is 3. The molecule has 7 heteroatoms. The van der Waals surface area contributed by atoms with Gasteiger partial charge in [-0.1, -0.05) is 6.07 Å². The van der Waals surface area contributed by atoms with Gasteiger partial charge in [-0.25, -0.2) is 4.98 Å². The highest BCUT2D eigenvalue weighted by atomic mass is 16.1. The van der Waals surface area contributed by atoms with E-state index in [9.17, 15) is 4.79 Å². The number of carbonyl (C=O) groups excluding carboxylic acids is 1. The molecular formula is C17H10N6O. The minimum absolute atomic E-state index is 0.148. The first kappa shape index (κ1) is 16.2. The summed E-state index contributed by atoms with van der Waals surface area (Å²) in [5.74, 6) is 0.109. The number of anilines is 2. The fourth-order valence-corrected chi connectivity index (χ4v) is 1.76. The Morgan fingerprint density at radius 1 is 0.917 bits per heavy atom. The van der Waals surface area contributed by atoms with Crippen LogP contribution in [-0.2, 0) is 0 Å². The van der Waals surface area contributed by atoms with Crippen LogP contribution in [0.3, 0.4) is 0 Å². The zero-order valence-electron chi connectivity index (χ0n) is 12.3. The number of carbonyl (C=O) groups is 1. The van der Waals surface area contributed by atoms with Gasteiger partial charge in [0.25, 0.3) is 5.91 Å². The Labute approximate surface area is 138 Å². The number of hydrogen-bond acceptors (Lipinski definition) is 6. The predicted octanol–water partition coefficient (Wildman–Crippen LogP) is 2.57. The first-order valence-electron chi connectivity index (χ1n) is 6.72. The molecule has 2 rings (SSSR count). The number of nitrogens with one attached hydrogen (secondary N) is 2. The molecule has 1 heterocycles. The van der Waals surface area contributed by atoms with E-state index < -0.39 is 0 Å². The fourth-order valence-electron chi connectivity index (χ4n) is 1.76. The lowest BCUT2D eigenvalue weighted by molar-refractivity contribution is 0.102. The Hall–Kier alpha value is -4.15. The third-order valence-corrected chi connectivity index (χ3v) is 2.91. The highest BCUT2D eigenvalue weighted by Gasteiger charge is 2.09. The SMILES string of the molecule is N#CC(C#N)=C(C#N)Nc1ccc(C(=O)Nc2ccccn2)cc1. The molecule has 0 bridgehead atoms. The van der Waals surface area contributed by atoms with E-state index in [1.807, 2.05) is 0 Å². The van der Waals surface area contributed by atoms with Crippen molar-refractivity contribution in [3.05, 3.63) is 65.5 Å². The van der Waals surface area contributed by atoms with Gasteiger partial charge in [0.15, 0.2) is 5.57 Å². The van der Waals surface area contributed by atoms with Crippen molar-refractivity contribution in [2.75, 3.05) is 10.6 Å². The number of amides is 1. The first-order chi connectivity index (χ1) is 11.7. The summed E-state index contributed by atoms with van der Waals surface area (Å²) in [5, 5.41) is 31.9. The summed E-state index contributed by atoms with van der Waals surface area (Å²) in [4.78, 5) is 16.1. The van der Waals surface area contributed by atoms with E-state index in [0.29, 0.717) is 17.1 Å². The lowest BCUT2D eigenvalue weighted by Gasteiger charge is -2.07. The Morgan fingerprint density at radius 2 is 1.62 bits per heavy atom. The molecule has 114 valence electrons. The normalized spacial score (nSPS) is 8.88. The van der Waals surface area contributed by atoms with Crippen LogP contribution in [0.25, 0.3) is 0 Å². The highest BCUT2D eigenvalue weighted by molar-refractivity contribution is 6.03. The standard InChI is InChI=1S/C17H10N6O/c18-9-13(10-19)15(11-20)22-14-6-4-12(5-7-14)17(24)23-16-3-1-2-8-21-16/h1-8,22H,(H,21,23,24). The van der Waals surface area contributed by atoms with Crippen molar-refractivity contribution in [2.45, 2.75) is 0 Å². The Morgan fingerprint density at radius 3 is 2.17 bits per heavy atom. The van der Waals surface area contributed by atoms with Gasteiger partial charge >= 0.3 is 0 Å². The Kier molecular flexibility index (Phi) is 5.23. The second-order valence-corrected chi connectivity index (χ2v) is 4.46. The van der Waals surface area contributed by atoms with E-state index in [1.54, 1.807) is 66.9 Å². The molecular weight excluding hydrogens is 304 g/mol. The maximum absolute atomic E-state index is 12.1. The Bertz CT molecular complexity index is 879. The zero-order valence-corrected chi connectivity index (χ0v) is 12.3. The van der Waals surface area contributed by atoms with Crippen molar-refractivity contribution in [3.63, 3.8) is 0 Å². The van der Waals surface area contributed by atoms with Crippen LogP contribution in [0.2, 0.25) is 0 Å². The quantitative estimate of drug-likeness (QED) is 0.835. The summed E-state index contributed by atoms with van der Waals surface area (Å²) in [6.07, 6.45) is 1.57. The van der Waals surface area contributed by atoms with E-state index >= 15 is 0 Å². The van der Waals surface area contributed by atoms with Crippen LogP contribution in [0.4, 0.5) is 11.5 Å². The number of aromatic nitrogens is 1. The summed E-state index contributed by atoms with van der Waals surface area (Å²) in [5.41, 5.74) is 0.415. The third-order valence-electron chi connectivity index (χ3n) is 2.91. The molecule has 0 atom stereocenters. The maximum atomic E-state index is 12.1. The molecule has 0 unspecified atom stereocenters. The second-order valence-electron chi connectivity index (χ2n) is 4.46. The molecule has 0 aliphatic rings. The largest absolute Gasteiger partial charge is 0.345 e. The number of benzene rings is 1. The van der Waals surface area contributed by atoms with Gasteiger partial charge in [-0.15, -0.1) is 0 Å². The fraction of sp³-hybridized carbons (Fsp3) is 0. The summed E-state index contributed by atoms with van der Waals surface area (Å²) in [6.45, 7) is 0. The average molecular weight is 314 g/mol. The average Bonchev–Trinajstić information content (AvgIpc) is 2.63. The molecule has 0 aliphatic heterocycles. The lowest BCUT2D eigenvalue weighted by Crippen LogP contribution is -2.12. The first-order valence-corrected chi connectivity index (χ1v) is 6.72. The molecule has 0 radical (unpaired) electrons. The van der Waals surface area contributed by atoms with Crippen molar-refractivity contribution >= 4 is 17.4 Å². The van der Waals surface area contributed by atoms with Crippen molar-refractivity contribution < 1.29 is 4.79 Å². The van der Waals surface area contributed by atoms with E-state index in [0.717, 1.165) is 0 Å². The number of hydrogen-bond donors (Lipinski definition) is 2. The smallest absolute Gasteiger partial charge is 0.256 e. The summed E-state index contributed by atoms with van der Waals surface area (Å²) < 4.78 is 0. The molecule has 0 spiro atoms. The molecule has 0 saturated carbocycles. The van der Waals surface area contributed by atoms with E-state index in [4.69, 9.17) is 15.8 Å². The minimum atomic E-state index is -0.328. The van der Waals surface area contributed by atoms with E-state index in [2.05, 4.69) is 15.6 Å². The molecule has 1 amide bonds. The predicted molar refractivity (Wildman–Crippen MR) is 86.1 cm³/mol. The molecule has 24 heavy (non-hydrogen) atoms. The van der Waals surface area contributed by atoms with Gasteiger partial charge in [0, 0.05) is 17.4 Å². The third kappa shape index (κ3) is 3.94. The van der Waals surface area contributed by atoms with Gasteiger partial charge in [0.1, 0.15) is 29.7 Å². The van der Waals surface area contributed by atoms with Crippen LogP contribution in [0, 0.1) is 34.0 Å². The van der Waals surface area contributed by atoms with Crippen LogP contribution in [0.1, 0.15) is 10.4 Å². The van der Waals surface area contributed by atoms with Crippen molar-refractivity contribution in [1.29, 1.82) is 15.8 Å².